The van der Waals surface area contributed by atoms with Gasteiger partial charge in [0.15, 0.2) is 0 Å². The Bertz CT molecular complexity index is 445. The lowest BCUT2D eigenvalue weighted by atomic mass is 9.80. The van der Waals surface area contributed by atoms with E-state index in [4.69, 9.17) is 10.8 Å². The van der Waals surface area contributed by atoms with Crippen LogP contribution in [0.2, 0.25) is 0 Å². The third kappa shape index (κ3) is 2.98. The zero-order valence-corrected chi connectivity index (χ0v) is 11.7. The molecule has 4 unspecified atom stereocenters. The van der Waals surface area contributed by atoms with Gasteiger partial charge in [-0.25, -0.2) is 0 Å². The van der Waals surface area contributed by atoms with Crippen LogP contribution in [0.5, 0.6) is 0 Å². The summed E-state index contributed by atoms with van der Waals surface area (Å²) < 4.78 is 0. The number of aliphatic carboxylic acids is 1. The van der Waals surface area contributed by atoms with Crippen LogP contribution >= 0.6 is 0 Å². The average molecular weight is 261 g/mol. The maximum Gasteiger partial charge on any atom is 0.305 e. The number of hydrogen-bond donors (Lipinski definition) is 2. The summed E-state index contributed by atoms with van der Waals surface area (Å²) in [5.41, 5.74) is 7.12. The molecule has 0 amide bonds. The Labute approximate surface area is 114 Å². The number of hydrogen-bond acceptors (Lipinski definition) is 2. The SMILES string of the molecule is CC1CC(N)(CC(=O)O)C(C)C1Cc1ccccc1. The quantitative estimate of drug-likeness (QED) is 0.876. The number of carboxylic acid groups (broad SMARTS) is 1. The van der Waals surface area contributed by atoms with E-state index in [1.165, 1.54) is 5.56 Å². The molecular formula is C16H23NO2. The molecule has 1 saturated carbocycles. The van der Waals surface area contributed by atoms with Crippen molar-refractivity contribution in [2.45, 2.75) is 38.6 Å². The van der Waals surface area contributed by atoms with Gasteiger partial charge in [0, 0.05) is 5.54 Å². The molecule has 1 aliphatic carbocycles. The Balaban J connectivity index is 2.12. The van der Waals surface area contributed by atoms with E-state index in [9.17, 15) is 4.79 Å². The Hall–Kier alpha value is -1.35. The van der Waals surface area contributed by atoms with Crippen molar-refractivity contribution in [2.75, 3.05) is 0 Å². The number of carbonyl (C=O) groups is 1. The largest absolute Gasteiger partial charge is 0.481 e. The zero-order chi connectivity index (χ0) is 14.0. The van der Waals surface area contributed by atoms with Crippen LogP contribution < -0.4 is 5.73 Å². The predicted molar refractivity (Wildman–Crippen MR) is 75.8 cm³/mol. The van der Waals surface area contributed by atoms with Gasteiger partial charge in [-0.2, -0.15) is 0 Å². The van der Waals surface area contributed by atoms with Crippen LogP contribution in [-0.2, 0) is 11.2 Å². The molecule has 0 bridgehead atoms. The first-order valence-corrected chi connectivity index (χ1v) is 6.97. The third-order valence-corrected chi connectivity index (χ3v) is 4.78. The van der Waals surface area contributed by atoms with E-state index < -0.39 is 11.5 Å². The number of benzene rings is 1. The number of rotatable bonds is 4. The molecule has 0 radical (unpaired) electrons. The number of nitrogens with two attached hydrogens (primary N) is 1. The molecule has 1 aliphatic rings. The molecule has 0 aliphatic heterocycles. The van der Waals surface area contributed by atoms with Crippen molar-refractivity contribution in [3.8, 4) is 0 Å². The molecule has 1 fully saturated rings. The summed E-state index contributed by atoms with van der Waals surface area (Å²) in [5.74, 6) is 0.382. The fourth-order valence-corrected chi connectivity index (χ4v) is 3.63. The second kappa shape index (κ2) is 5.33. The minimum atomic E-state index is -0.790. The predicted octanol–water partition coefficient (Wildman–Crippen LogP) is 2.69. The summed E-state index contributed by atoms with van der Waals surface area (Å²) in [5, 5.41) is 9.04. The van der Waals surface area contributed by atoms with E-state index in [1.54, 1.807) is 0 Å². The second-order valence-corrected chi connectivity index (χ2v) is 6.13. The molecule has 3 nitrogen and oxygen atoms in total. The fourth-order valence-electron chi connectivity index (χ4n) is 3.63. The van der Waals surface area contributed by atoms with Gasteiger partial charge in [-0.3, -0.25) is 4.79 Å². The monoisotopic (exact) mass is 261 g/mol. The van der Waals surface area contributed by atoms with Gasteiger partial charge in [-0.05, 0) is 36.2 Å². The van der Waals surface area contributed by atoms with Crippen molar-refractivity contribution in [1.82, 2.24) is 0 Å². The Morgan fingerprint density at radius 2 is 2.00 bits per heavy atom. The van der Waals surface area contributed by atoms with Crippen LogP contribution in [0.1, 0.15) is 32.3 Å². The van der Waals surface area contributed by atoms with Crippen LogP contribution in [0.15, 0.2) is 30.3 Å². The summed E-state index contributed by atoms with van der Waals surface area (Å²) in [4.78, 5) is 11.0. The van der Waals surface area contributed by atoms with Crippen LogP contribution in [0, 0.1) is 17.8 Å². The first-order valence-electron chi connectivity index (χ1n) is 6.97. The molecule has 2 rings (SSSR count). The minimum absolute atomic E-state index is 0.0732. The van der Waals surface area contributed by atoms with E-state index in [0.717, 1.165) is 12.8 Å². The van der Waals surface area contributed by atoms with Gasteiger partial charge in [-0.15, -0.1) is 0 Å². The Kier molecular flexibility index (Phi) is 3.95. The molecule has 104 valence electrons. The molecular weight excluding hydrogens is 238 g/mol. The van der Waals surface area contributed by atoms with Crippen LogP contribution in [0.25, 0.3) is 0 Å². The molecule has 1 aromatic carbocycles. The summed E-state index contributed by atoms with van der Waals surface area (Å²) >= 11 is 0. The highest BCUT2D eigenvalue weighted by Gasteiger charge is 2.47. The summed E-state index contributed by atoms with van der Waals surface area (Å²) in [7, 11) is 0. The van der Waals surface area contributed by atoms with Crippen LogP contribution in [0.4, 0.5) is 0 Å². The average Bonchev–Trinajstić information content (AvgIpc) is 2.53. The Morgan fingerprint density at radius 3 is 2.58 bits per heavy atom. The molecule has 0 spiro atoms. The van der Waals surface area contributed by atoms with E-state index in [-0.39, 0.29) is 12.3 Å². The van der Waals surface area contributed by atoms with Gasteiger partial charge in [0.2, 0.25) is 0 Å². The second-order valence-electron chi connectivity index (χ2n) is 6.13. The molecule has 4 atom stereocenters. The highest BCUT2D eigenvalue weighted by atomic mass is 16.4. The topological polar surface area (TPSA) is 63.3 Å². The van der Waals surface area contributed by atoms with Crippen LogP contribution in [-0.4, -0.2) is 16.6 Å². The Morgan fingerprint density at radius 1 is 1.37 bits per heavy atom. The maximum absolute atomic E-state index is 11.0. The molecule has 3 heteroatoms. The molecule has 1 aromatic rings. The van der Waals surface area contributed by atoms with Crippen molar-refractivity contribution in [2.24, 2.45) is 23.5 Å². The molecule has 0 heterocycles. The van der Waals surface area contributed by atoms with E-state index >= 15 is 0 Å². The zero-order valence-electron chi connectivity index (χ0n) is 11.7. The van der Waals surface area contributed by atoms with Crippen molar-refractivity contribution in [1.29, 1.82) is 0 Å². The van der Waals surface area contributed by atoms with Gasteiger partial charge >= 0.3 is 5.97 Å². The first kappa shape index (κ1) is 14.1. The fraction of sp³-hybridized carbons (Fsp3) is 0.562. The lowest BCUT2D eigenvalue weighted by Crippen LogP contribution is -2.45. The van der Waals surface area contributed by atoms with Crippen molar-refractivity contribution < 1.29 is 9.90 Å². The van der Waals surface area contributed by atoms with Gasteiger partial charge < -0.3 is 10.8 Å². The summed E-state index contributed by atoms with van der Waals surface area (Å²) in [6.45, 7) is 4.31. The van der Waals surface area contributed by atoms with Gasteiger partial charge in [0.25, 0.3) is 0 Å². The summed E-state index contributed by atoms with van der Waals surface area (Å²) in [6.07, 6.45) is 1.86. The first-order chi connectivity index (χ1) is 8.92. The van der Waals surface area contributed by atoms with Gasteiger partial charge in [-0.1, -0.05) is 44.2 Å². The molecule has 0 saturated heterocycles. The highest BCUT2D eigenvalue weighted by molar-refractivity contribution is 5.68. The minimum Gasteiger partial charge on any atom is -0.481 e. The highest BCUT2D eigenvalue weighted by Crippen LogP contribution is 2.45. The maximum atomic E-state index is 11.0. The van der Waals surface area contributed by atoms with Gasteiger partial charge in [0.1, 0.15) is 0 Å². The van der Waals surface area contributed by atoms with E-state index in [1.807, 2.05) is 18.2 Å². The van der Waals surface area contributed by atoms with Crippen molar-refractivity contribution >= 4 is 5.97 Å². The summed E-state index contributed by atoms with van der Waals surface area (Å²) in [6, 6.07) is 10.4. The normalized spacial score (nSPS) is 34.4. The van der Waals surface area contributed by atoms with E-state index in [0.29, 0.717) is 11.8 Å². The van der Waals surface area contributed by atoms with Crippen LogP contribution in [0.3, 0.4) is 0 Å². The molecule has 3 N–H and O–H groups in total. The lowest BCUT2D eigenvalue weighted by molar-refractivity contribution is -0.138. The van der Waals surface area contributed by atoms with E-state index in [2.05, 4.69) is 26.0 Å². The number of carboxylic acids is 1. The molecule has 19 heavy (non-hydrogen) atoms. The van der Waals surface area contributed by atoms with Crippen molar-refractivity contribution in [3.05, 3.63) is 35.9 Å². The standard InChI is InChI=1S/C16H23NO2/c1-11-9-16(17,10-15(18)19)12(2)14(11)8-13-6-4-3-5-7-13/h3-7,11-12,14H,8-10,17H2,1-2H3,(H,18,19). The molecule has 0 aromatic heterocycles. The van der Waals surface area contributed by atoms with Gasteiger partial charge in [0.05, 0.1) is 6.42 Å². The lowest BCUT2D eigenvalue weighted by Gasteiger charge is -2.30. The smallest absolute Gasteiger partial charge is 0.305 e. The third-order valence-electron chi connectivity index (χ3n) is 4.78. The van der Waals surface area contributed by atoms with Crippen molar-refractivity contribution in [3.63, 3.8) is 0 Å².